The van der Waals surface area contributed by atoms with Crippen LogP contribution < -0.4 is 10.6 Å². The van der Waals surface area contributed by atoms with Gasteiger partial charge < -0.3 is 15.7 Å². The first kappa shape index (κ1) is 12.6. The van der Waals surface area contributed by atoms with Crippen LogP contribution in [0.2, 0.25) is 0 Å². The van der Waals surface area contributed by atoms with Crippen molar-refractivity contribution in [1.82, 2.24) is 10.6 Å². The molecule has 2 amide bonds. The number of carbonyl (C=O) groups is 2. The molecule has 0 saturated carbocycles. The smallest absolute Gasteiger partial charge is 0.245 e. The number of carbonyl (C=O) groups excluding carboxylic acids is 2. The molecule has 0 rings (SSSR count). The second kappa shape index (κ2) is 6.15. The Morgan fingerprint density at radius 2 is 2.14 bits per heavy atom. The topological polar surface area (TPSA) is 78.4 Å². The van der Waals surface area contributed by atoms with Crippen molar-refractivity contribution in [2.24, 2.45) is 0 Å². The predicted molar refractivity (Wildman–Crippen MR) is 52.5 cm³/mol. The monoisotopic (exact) mass is 200 g/mol. The van der Waals surface area contributed by atoms with Crippen molar-refractivity contribution in [2.45, 2.75) is 26.0 Å². The van der Waals surface area contributed by atoms with E-state index >= 15 is 0 Å². The van der Waals surface area contributed by atoms with E-state index in [4.69, 9.17) is 0 Å². The minimum absolute atomic E-state index is 0.307. The first-order valence-electron chi connectivity index (χ1n) is 4.32. The van der Waals surface area contributed by atoms with Gasteiger partial charge in [0.05, 0.1) is 6.10 Å². The van der Waals surface area contributed by atoms with Crippen molar-refractivity contribution in [1.29, 1.82) is 0 Å². The number of hydrogen-bond acceptors (Lipinski definition) is 3. The lowest BCUT2D eigenvalue weighted by atomic mass is 10.1. The number of hydrogen-bond donors (Lipinski definition) is 3. The van der Waals surface area contributed by atoms with Crippen LogP contribution in [0.4, 0.5) is 0 Å². The van der Waals surface area contributed by atoms with E-state index in [0.29, 0.717) is 6.54 Å². The van der Waals surface area contributed by atoms with Gasteiger partial charge in [0, 0.05) is 13.5 Å². The van der Waals surface area contributed by atoms with Crippen LogP contribution >= 0.6 is 0 Å². The summed E-state index contributed by atoms with van der Waals surface area (Å²) in [5.41, 5.74) is 0. The second-order valence-corrected chi connectivity index (χ2v) is 2.95. The van der Waals surface area contributed by atoms with Gasteiger partial charge in [-0.15, -0.1) is 6.58 Å². The molecule has 3 N–H and O–H groups in total. The van der Waals surface area contributed by atoms with Crippen molar-refractivity contribution in [3.8, 4) is 0 Å². The van der Waals surface area contributed by atoms with Crippen LogP contribution in [-0.4, -0.2) is 35.6 Å². The molecule has 14 heavy (non-hydrogen) atoms. The molecule has 2 atom stereocenters. The Morgan fingerprint density at radius 1 is 1.57 bits per heavy atom. The van der Waals surface area contributed by atoms with E-state index in [1.165, 1.54) is 19.9 Å². The van der Waals surface area contributed by atoms with Crippen LogP contribution in [0.1, 0.15) is 13.8 Å². The molecule has 0 aliphatic heterocycles. The second-order valence-electron chi connectivity index (χ2n) is 2.95. The van der Waals surface area contributed by atoms with Crippen molar-refractivity contribution >= 4 is 11.8 Å². The molecule has 0 aromatic rings. The standard InChI is InChI=1S/C9H16N2O3/c1-4-5-10-9(14)8(6(2)12)11-7(3)13/h4,6,8,12H,1,5H2,2-3H3,(H,10,14)(H,11,13)/t6-,8-/m1/s1. The molecule has 0 aromatic heterocycles. The zero-order valence-electron chi connectivity index (χ0n) is 8.41. The summed E-state index contributed by atoms with van der Waals surface area (Å²) >= 11 is 0. The lowest BCUT2D eigenvalue weighted by molar-refractivity contribution is -0.130. The van der Waals surface area contributed by atoms with E-state index in [-0.39, 0.29) is 5.91 Å². The molecular formula is C9H16N2O3. The third kappa shape index (κ3) is 4.61. The Labute approximate surface area is 83.2 Å². The van der Waals surface area contributed by atoms with Gasteiger partial charge in [-0.1, -0.05) is 6.08 Å². The number of aliphatic hydroxyl groups is 1. The molecule has 80 valence electrons. The molecule has 0 bridgehead atoms. The van der Waals surface area contributed by atoms with E-state index in [1.807, 2.05) is 0 Å². The summed E-state index contributed by atoms with van der Waals surface area (Å²) in [5, 5.41) is 14.1. The number of aliphatic hydroxyl groups excluding tert-OH is 1. The Bertz CT molecular complexity index is 226. The van der Waals surface area contributed by atoms with Gasteiger partial charge in [-0.25, -0.2) is 0 Å². The van der Waals surface area contributed by atoms with Crippen molar-refractivity contribution < 1.29 is 14.7 Å². The van der Waals surface area contributed by atoms with E-state index < -0.39 is 18.1 Å². The third-order valence-corrected chi connectivity index (χ3v) is 1.54. The highest BCUT2D eigenvalue weighted by Gasteiger charge is 2.23. The zero-order chi connectivity index (χ0) is 11.1. The van der Waals surface area contributed by atoms with Gasteiger partial charge >= 0.3 is 0 Å². The fraction of sp³-hybridized carbons (Fsp3) is 0.556. The van der Waals surface area contributed by atoms with Crippen molar-refractivity contribution in [3.05, 3.63) is 12.7 Å². The van der Waals surface area contributed by atoms with Gasteiger partial charge in [0.15, 0.2) is 0 Å². The van der Waals surface area contributed by atoms with E-state index in [1.54, 1.807) is 0 Å². The van der Waals surface area contributed by atoms with E-state index in [2.05, 4.69) is 17.2 Å². The number of rotatable bonds is 5. The lowest BCUT2D eigenvalue weighted by Crippen LogP contribution is -2.51. The van der Waals surface area contributed by atoms with Gasteiger partial charge in [0.2, 0.25) is 11.8 Å². The minimum Gasteiger partial charge on any atom is -0.391 e. The SMILES string of the molecule is C=CCNC(=O)[C@H](NC(C)=O)[C@@H](C)O. The fourth-order valence-electron chi connectivity index (χ4n) is 0.907. The summed E-state index contributed by atoms with van der Waals surface area (Å²) in [5.74, 6) is -0.778. The predicted octanol–water partition coefficient (Wildman–Crippen LogP) is -0.826. The maximum atomic E-state index is 11.3. The van der Waals surface area contributed by atoms with Crippen LogP contribution in [-0.2, 0) is 9.59 Å². The summed E-state index contributed by atoms with van der Waals surface area (Å²) in [6.07, 6.45) is 0.592. The number of amides is 2. The van der Waals surface area contributed by atoms with Gasteiger partial charge in [-0.2, -0.15) is 0 Å². The van der Waals surface area contributed by atoms with E-state index in [0.717, 1.165) is 0 Å². The summed E-state index contributed by atoms with van der Waals surface area (Å²) in [6.45, 7) is 6.47. The maximum absolute atomic E-state index is 11.3. The Balaban J connectivity index is 4.25. The largest absolute Gasteiger partial charge is 0.391 e. The zero-order valence-corrected chi connectivity index (χ0v) is 8.41. The molecule has 5 nitrogen and oxygen atoms in total. The summed E-state index contributed by atoms with van der Waals surface area (Å²) in [7, 11) is 0. The van der Waals surface area contributed by atoms with E-state index in [9.17, 15) is 14.7 Å². The normalized spacial score (nSPS) is 13.9. The Hall–Kier alpha value is -1.36. The van der Waals surface area contributed by atoms with Crippen LogP contribution in [0.15, 0.2) is 12.7 Å². The van der Waals surface area contributed by atoms with Crippen molar-refractivity contribution in [2.75, 3.05) is 6.54 Å². The Kier molecular flexibility index (Phi) is 5.55. The highest BCUT2D eigenvalue weighted by molar-refractivity contribution is 5.87. The number of nitrogens with one attached hydrogen (secondary N) is 2. The van der Waals surface area contributed by atoms with Crippen LogP contribution in [0.5, 0.6) is 0 Å². The maximum Gasteiger partial charge on any atom is 0.245 e. The molecule has 0 heterocycles. The minimum atomic E-state index is -0.927. The first-order chi connectivity index (χ1) is 6.49. The molecule has 0 aliphatic carbocycles. The lowest BCUT2D eigenvalue weighted by Gasteiger charge is -2.19. The molecule has 0 aliphatic rings. The highest BCUT2D eigenvalue weighted by atomic mass is 16.3. The fourth-order valence-corrected chi connectivity index (χ4v) is 0.907. The Morgan fingerprint density at radius 3 is 2.50 bits per heavy atom. The summed E-state index contributed by atoms with van der Waals surface area (Å²) < 4.78 is 0. The first-order valence-corrected chi connectivity index (χ1v) is 4.32. The van der Waals surface area contributed by atoms with Gasteiger partial charge in [-0.05, 0) is 6.92 Å². The molecular weight excluding hydrogens is 184 g/mol. The van der Waals surface area contributed by atoms with Gasteiger partial charge in [-0.3, -0.25) is 9.59 Å². The molecule has 0 fully saturated rings. The van der Waals surface area contributed by atoms with Crippen LogP contribution in [0.25, 0.3) is 0 Å². The van der Waals surface area contributed by atoms with Gasteiger partial charge in [0.25, 0.3) is 0 Å². The molecule has 5 heteroatoms. The molecule has 0 radical (unpaired) electrons. The average molecular weight is 200 g/mol. The van der Waals surface area contributed by atoms with Crippen LogP contribution in [0.3, 0.4) is 0 Å². The van der Waals surface area contributed by atoms with Gasteiger partial charge in [0.1, 0.15) is 6.04 Å². The quantitative estimate of drug-likeness (QED) is 0.507. The molecule has 0 aromatic carbocycles. The molecule has 0 spiro atoms. The molecule has 0 unspecified atom stereocenters. The molecule has 0 saturated heterocycles. The average Bonchev–Trinajstić information content (AvgIpc) is 2.09. The summed E-state index contributed by atoms with van der Waals surface area (Å²) in [4.78, 5) is 22.1. The van der Waals surface area contributed by atoms with Crippen molar-refractivity contribution in [3.63, 3.8) is 0 Å². The highest BCUT2D eigenvalue weighted by Crippen LogP contribution is 1.92. The third-order valence-electron chi connectivity index (χ3n) is 1.54. The van der Waals surface area contributed by atoms with Crippen LogP contribution in [0, 0.1) is 0 Å². The summed E-state index contributed by atoms with van der Waals surface area (Å²) in [6, 6.07) is -0.910.